The van der Waals surface area contributed by atoms with E-state index in [0.717, 1.165) is 0 Å². The first-order valence-corrected chi connectivity index (χ1v) is 7.95. The minimum absolute atomic E-state index is 0.0298. The zero-order chi connectivity index (χ0) is 17.4. The van der Waals surface area contributed by atoms with Gasteiger partial charge in [0.25, 0.3) is 11.8 Å². The van der Waals surface area contributed by atoms with Gasteiger partial charge in [0, 0.05) is 30.9 Å². The molecule has 126 valence electrons. The molecule has 0 aliphatic carbocycles. The van der Waals surface area contributed by atoms with Crippen LogP contribution in [0.25, 0.3) is 0 Å². The van der Waals surface area contributed by atoms with E-state index in [9.17, 15) is 14.0 Å². The summed E-state index contributed by atoms with van der Waals surface area (Å²) in [5.74, 6) is -1.21. The molecule has 1 N–H and O–H groups in total. The Kier molecular flexibility index (Phi) is 3.56. The van der Waals surface area contributed by atoms with Crippen molar-refractivity contribution in [3.8, 4) is 0 Å². The highest BCUT2D eigenvalue weighted by Gasteiger charge is 2.46. The van der Waals surface area contributed by atoms with E-state index in [1.807, 2.05) is 0 Å². The van der Waals surface area contributed by atoms with Crippen molar-refractivity contribution in [2.45, 2.75) is 12.1 Å². The van der Waals surface area contributed by atoms with Crippen molar-refractivity contribution in [1.82, 2.24) is 15.2 Å². The van der Waals surface area contributed by atoms with Crippen LogP contribution in [-0.4, -0.2) is 46.2 Å². The molecule has 3 heterocycles. The highest BCUT2D eigenvalue weighted by molar-refractivity contribution is 6.46. The van der Waals surface area contributed by atoms with Crippen LogP contribution in [-0.2, 0) is 4.79 Å². The molecule has 25 heavy (non-hydrogen) atoms. The first-order valence-electron chi connectivity index (χ1n) is 7.95. The molecule has 1 fully saturated rings. The summed E-state index contributed by atoms with van der Waals surface area (Å²) in [4.78, 5) is 34.9. The van der Waals surface area contributed by atoms with Crippen LogP contribution in [0.4, 0.5) is 4.39 Å². The SMILES string of the molecule is O=C1NC2(CCN(C(=O)c3ccccc3F)C2)N=C1c1ccncc1. The number of carbonyl (C=O) groups is 2. The molecule has 2 aliphatic rings. The van der Waals surface area contributed by atoms with E-state index in [-0.39, 0.29) is 18.0 Å². The predicted molar refractivity (Wildman–Crippen MR) is 88.6 cm³/mol. The van der Waals surface area contributed by atoms with Crippen LogP contribution in [0.3, 0.4) is 0 Å². The monoisotopic (exact) mass is 338 g/mol. The average Bonchev–Trinajstić information content (AvgIpc) is 3.19. The van der Waals surface area contributed by atoms with Crippen LogP contribution in [0.5, 0.6) is 0 Å². The largest absolute Gasteiger partial charge is 0.334 e. The maximum atomic E-state index is 13.9. The number of aromatic nitrogens is 1. The lowest BCUT2D eigenvalue weighted by molar-refractivity contribution is -0.115. The third kappa shape index (κ3) is 2.67. The zero-order valence-electron chi connectivity index (χ0n) is 13.3. The second-order valence-corrected chi connectivity index (χ2v) is 6.14. The second-order valence-electron chi connectivity index (χ2n) is 6.14. The first kappa shape index (κ1) is 15.4. The van der Waals surface area contributed by atoms with Gasteiger partial charge in [0.1, 0.15) is 11.5 Å². The van der Waals surface area contributed by atoms with Gasteiger partial charge in [0.05, 0.1) is 12.1 Å². The smallest absolute Gasteiger partial charge is 0.272 e. The first-order chi connectivity index (χ1) is 12.1. The molecule has 0 radical (unpaired) electrons. The predicted octanol–water partition coefficient (Wildman–Crippen LogP) is 1.38. The molecular formula is C18H15FN4O2. The minimum atomic E-state index is -0.837. The number of hydrogen-bond donors (Lipinski definition) is 1. The van der Waals surface area contributed by atoms with E-state index >= 15 is 0 Å². The van der Waals surface area contributed by atoms with Crippen LogP contribution in [0, 0.1) is 5.82 Å². The Morgan fingerprint density at radius 2 is 1.96 bits per heavy atom. The molecule has 2 amide bonds. The molecule has 4 rings (SSSR count). The summed E-state index contributed by atoms with van der Waals surface area (Å²) in [5.41, 5.74) is 0.212. The number of amides is 2. The van der Waals surface area contributed by atoms with Crippen molar-refractivity contribution in [2.75, 3.05) is 13.1 Å². The third-order valence-corrected chi connectivity index (χ3v) is 4.48. The number of nitrogens with one attached hydrogen (secondary N) is 1. The molecule has 1 atom stereocenters. The number of benzene rings is 1. The van der Waals surface area contributed by atoms with E-state index in [1.54, 1.807) is 36.7 Å². The summed E-state index contributed by atoms with van der Waals surface area (Å²) in [6.07, 6.45) is 3.69. The lowest BCUT2D eigenvalue weighted by atomic mass is 10.1. The van der Waals surface area contributed by atoms with Gasteiger partial charge in [-0.25, -0.2) is 9.38 Å². The molecule has 1 aromatic heterocycles. The number of nitrogens with zero attached hydrogens (tertiary/aromatic N) is 3. The van der Waals surface area contributed by atoms with Gasteiger partial charge < -0.3 is 10.2 Å². The van der Waals surface area contributed by atoms with Gasteiger partial charge in [-0.15, -0.1) is 0 Å². The number of likely N-dealkylation sites (tertiary alicyclic amines) is 1. The molecule has 0 bridgehead atoms. The van der Waals surface area contributed by atoms with Gasteiger partial charge >= 0.3 is 0 Å². The van der Waals surface area contributed by atoms with Crippen LogP contribution in [0.1, 0.15) is 22.3 Å². The average molecular weight is 338 g/mol. The zero-order valence-corrected chi connectivity index (χ0v) is 13.3. The molecule has 6 nitrogen and oxygen atoms in total. The normalized spacial score (nSPS) is 22.2. The summed E-state index contributed by atoms with van der Waals surface area (Å²) in [7, 11) is 0. The summed E-state index contributed by atoms with van der Waals surface area (Å²) in [5, 5.41) is 2.88. The number of pyridine rings is 1. The Morgan fingerprint density at radius 1 is 1.20 bits per heavy atom. The molecule has 1 saturated heterocycles. The van der Waals surface area contributed by atoms with E-state index < -0.39 is 17.4 Å². The fraction of sp³-hybridized carbons (Fsp3) is 0.222. The van der Waals surface area contributed by atoms with Gasteiger partial charge in [-0.3, -0.25) is 14.6 Å². The molecule has 1 unspecified atom stereocenters. The Morgan fingerprint density at radius 3 is 2.72 bits per heavy atom. The lowest BCUT2D eigenvalue weighted by Crippen LogP contribution is -2.45. The van der Waals surface area contributed by atoms with Crippen molar-refractivity contribution in [2.24, 2.45) is 4.99 Å². The quantitative estimate of drug-likeness (QED) is 0.899. The molecule has 7 heteroatoms. The van der Waals surface area contributed by atoms with Gasteiger partial charge in [-0.05, 0) is 24.3 Å². The fourth-order valence-corrected chi connectivity index (χ4v) is 3.23. The molecule has 2 aliphatic heterocycles. The van der Waals surface area contributed by atoms with Gasteiger partial charge in [-0.2, -0.15) is 0 Å². The van der Waals surface area contributed by atoms with Crippen molar-refractivity contribution >= 4 is 17.5 Å². The molecule has 1 spiro atoms. The van der Waals surface area contributed by atoms with E-state index in [2.05, 4.69) is 15.3 Å². The third-order valence-electron chi connectivity index (χ3n) is 4.48. The Bertz CT molecular complexity index is 884. The maximum absolute atomic E-state index is 13.9. The van der Waals surface area contributed by atoms with Gasteiger partial charge in [0.2, 0.25) is 0 Å². The van der Waals surface area contributed by atoms with Crippen LogP contribution in [0.15, 0.2) is 53.8 Å². The van der Waals surface area contributed by atoms with Crippen molar-refractivity contribution < 1.29 is 14.0 Å². The summed E-state index contributed by atoms with van der Waals surface area (Å²) >= 11 is 0. The summed E-state index contributed by atoms with van der Waals surface area (Å²) in [6.45, 7) is 0.626. The Hall–Kier alpha value is -3.09. The molecule has 2 aromatic rings. The number of carbonyl (C=O) groups excluding carboxylic acids is 2. The Labute approximate surface area is 143 Å². The molecule has 1 aromatic carbocycles. The maximum Gasteiger partial charge on any atom is 0.272 e. The van der Waals surface area contributed by atoms with Gasteiger partial charge in [0.15, 0.2) is 5.66 Å². The summed E-state index contributed by atoms with van der Waals surface area (Å²) in [6, 6.07) is 9.32. The van der Waals surface area contributed by atoms with E-state index in [0.29, 0.717) is 24.2 Å². The standard InChI is InChI=1S/C18H15FN4O2/c19-14-4-2-1-3-13(14)17(25)23-10-7-18(11-23)21-15(16(24)22-18)12-5-8-20-9-6-12/h1-6,8-9H,7,10-11H2,(H,22,24). The van der Waals surface area contributed by atoms with E-state index in [1.165, 1.54) is 17.0 Å². The highest BCUT2D eigenvalue weighted by Crippen LogP contribution is 2.29. The van der Waals surface area contributed by atoms with E-state index in [4.69, 9.17) is 0 Å². The summed E-state index contributed by atoms with van der Waals surface area (Å²) < 4.78 is 13.9. The number of hydrogen-bond acceptors (Lipinski definition) is 4. The van der Waals surface area contributed by atoms with Gasteiger partial charge in [-0.1, -0.05) is 12.1 Å². The number of halogens is 1. The number of aliphatic imine (C=N–C) groups is 1. The van der Waals surface area contributed by atoms with Crippen LogP contribution in [0.2, 0.25) is 0 Å². The Balaban J connectivity index is 1.58. The highest BCUT2D eigenvalue weighted by atomic mass is 19.1. The molecular weight excluding hydrogens is 323 g/mol. The van der Waals surface area contributed by atoms with Crippen LogP contribution >= 0.6 is 0 Å². The second kappa shape index (κ2) is 5.77. The minimum Gasteiger partial charge on any atom is -0.334 e. The van der Waals surface area contributed by atoms with Crippen molar-refractivity contribution in [3.63, 3.8) is 0 Å². The topological polar surface area (TPSA) is 74.7 Å². The fourth-order valence-electron chi connectivity index (χ4n) is 3.23. The number of rotatable bonds is 2. The van der Waals surface area contributed by atoms with Crippen LogP contribution < -0.4 is 5.32 Å². The van der Waals surface area contributed by atoms with Crippen molar-refractivity contribution in [3.05, 3.63) is 65.7 Å². The molecule has 0 saturated carbocycles. The van der Waals surface area contributed by atoms with Crippen molar-refractivity contribution in [1.29, 1.82) is 0 Å². The lowest BCUT2D eigenvalue weighted by Gasteiger charge is -2.21.